The van der Waals surface area contributed by atoms with Gasteiger partial charge in [-0.3, -0.25) is 4.57 Å². The summed E-state index contributed by atoms with van der Waals surface area (Å²) in [5, 5.41) is 3.40. The Bertz CT molecular complexity index is 557. The molecule has 0 amide bonds. The van der Waals surface area contributed by atoms with Gasteiger partial charge >= 0.3 is 0 Å². The number of nitrogens with one attached hydrogen (secondary N) is 1. The monoisotopic (exact) mass is 257 g/mol. The smallest absolute Gasteiger partial charge is 0.146 e. The van der Waals surface area contributed by atoms with Gasteiger partial charge in [0.2, 0.25) is 0 Å². The molecule has 0 saturated heterocycles. The summed E-state index contributed by atoms with van der Waals surface area (Å²) < 4.78 is 1.96. The summed E-state index contributed by atoms with van der Waals surface area (Å²) >= 11 is 0. The van der Waals surface area contributed by atoms with Gasteiger partial charge in [0.25, 0.3) is 0 Å². The first-order chi connectivity index (χ1) is 9.29. The molecule has 1 fully saturated rings. The topological polar surface area (TPSA) is 55.6 Å². The Morgan fingerprint density at radius 3 is 2.84 bits per heavy atom. The Morgan fingerprint density at radius 2 is 2.21 bits per heavy atom. The van der Waals surface area contributed by atoms with Crippen LogP contribution in [0.1, 0.15) is 43.5 Å². The average molecular weight is 257 g/mol. The fraction of sp³-hybridized carbons (Fsp3) is 0.500. The fourth-order valence-corrected chi connectivity index (χ4v) is 2.10. The minimum Gasteiger partial charge on any atom is -0.370 e. The molecule has 19 heavy (non-hydrogen) atoms. The molecular weight excluding hydrogens is 238 g/mol. The van der Waals surface area contributed by atoms with Crippen molar-refractivity contribution in [3.63, 3.8) is 0 Å². The predicted octanol–water partition coefficient (Wildman–Crippen LogP) is 2.67. The minimum absolute atomic E-state index is 0.546. The van der Waals surface area contributed by atoms with Crippen LogP contribution in [0.3, 0.4) is 0 Å². The zero-order chi connectivity index (χ0) is 13.2. The zero-order valence-electron chi connectivity index (χ0n) is 11.4. The van der Waals surface area contributed by atoms with E-state index >= 15 is 0 Å². The van der Waals surface area contributed by atoms with Crippen LogP contribution >= 0.6 is 0 Å². The molecule has 1 N–H and O–H groups in total. The Kier molecular flexibility index (Phi) is 3.19. The van der Waals surface area contributed by atoms with Gasteiger partial charge in [0.15, 0.2) is 0 Å². The average Bonchev–Trinajstić information content (AvgIpc) is 3.13. The molecule has 2 heterocycles. The first-order valence-electron chi connectivity index (χ1n) is 6.90. The third-order valence-corrected chi connectivity index (χ3v) is 3.37. The summed E-state index contributed by atoms with van der Waals surface area (Å²) in [7, 11) is 0. The van der Waals surface area contributed by atoms with Gasteiger partial charge in [0, 0.05) is 30.4 Å². The van der Waals surface area contributed by atoms with E-state index in [0.29, 0.717) is 5.92 Å². The minimum atomic E-state index is 0.546. The van der Waals surface area contributed by atoms with Crippen LogP contribution in [0, 0.1) is 6.92 Å². The summed E-state index contributed by atoms with van der Waals surface area (Å²) in [4.78, 5) is 13.5. The third-order valence-electron chi connectivity index (χ3n) is 3.37. The lowest BCUT2D eigenvalue weighted by Crippen LogP contribution is -2.11. The largest absolute Gasteiger partial charge is 0.370 e. The molecule has 100 valence electrons. The third kappa shape index (κ3) is 2.45. The van der Waals surface area contributed by atoms with Gasteiger partial charge in [-0.05, 0) is 26.2 Å². The SMILES string of the molecule is CCCNc1nc(C2CC2)nc(-n2ccnc2)c1C. The van der Waals surface area contributed by atoms with Gasteiger partial charge in [-0.15, -0.1) is 0 Å². The van der Waals surface area contributed by atoms with Crippen LogP contribution in [0.25, 0.3) is 5.82 Å². The molecule has 1 saturated carbocycles. The highest BCUT2D eigenvalue weighted by Gasteiger charge is 2.28. The van der Waals surface area contributed by atoms with Crippen molar-refractivity contribution in [1.82, 2.24) is 19.5 Å². The number of imidazole rings is 1. The molecule has 3 rings (SSSR count). The molecular formula is C14H19N5. The van der Waals surface area contributed by atoms with Crippen molar-refractivity contribution in [2.45, 2.75) is 39.0 Å². The highest BCUT2D eigenvalue weighted by atomic mass is 15.1. The lowest BCUT2D eigenvalue weighted by molar-refractivity contribution is 0.858. The maximum atomic E-state index is 4.72. The van der Waals surface area contributed by atoms with Crippen LogP contribution in [0.4, 0.5) is 5.82 Å². The molecule has 5 heteroatoms. The first-order valence-corrected chi connectivity index (χ1v) is 6.90. The van der Waals surface area contributed by atoms with Crippen molar-refractivity contribution in [3.05, 3.63) is 30.1 Å². The number of rotatable bonds is 5. The summed E-state index contributed by atoms with van der Waals surface area (Å²) in [5.41, 5.74) is 1.08. The van der Waals surface area contributed by atoms with Crippen LogP contribution in [-0.2, 0) is 0 Å². The Hall–Kier alpha value is -1.91. The van der Waals surface area contributed by atoms with Crippen LogP contribution < -0.4 is 5.32 Å². The van der Waals surface area contributed by atoms with Crippen LogP contribution in [0.15, 0.2) is 18.7 Å². The second-order valence-corrected chi connectivity index (χ2v) is 5.05. The number of aromatic nitrogens is 4. The number of nitrogens with zero attached hydrogens (tertiary/aromatic N) is 4. The molecule has 5 nitrogen and oxygen atoms in total. The normalized spacial score (nSPS) is 14.6. The standard InChI is InChI=1S/C14H19N5/c1-3-6-16-12-10(2)14(19-8-7-15-9-19)18-13(17-12)11-4-5-11/h7-9,11H,3-6H2,1-2H3,(H,16,17,18). The molecule has 0 bridgehead atoms. The van der Waals surface area contributed by atoms with Gasteiger partial charge in [0.05, 0.1) is 0 Å². The molecule has 0 unspecified atom stereocenters. The maximum absolute atomic E-state index is 4.72. The van der Waals surface area contributed by atoms with E-state index in [0.717, 1.165) is 36.0 Å². The molecule has 0 spiro atoms. The fourth-order valence-electron chi connectivity index (χ4n) is 2.10. The van der Waals surface area contributed by atoms with Gasteiger partial charge in [-0.2, -0.15) is 0 Å². The zero-order valence-corrected chi connectivity index (χ0v) is 11.4. The molecule has 0 aromatic carbocycles. The van der Waals surface area contributed by atoms with Gasteiger partial charge in [-0.25, -0.2) is 15.0 Å². The van der Waals surface area contributed by atoms with Crippen molar-refractivity contribution in [2.75, 3.05) is 11.9 Å². The molecule has 0 atom stereocenters. The number of anilines is 1. The summed E-state index contributed by atoms with van der Waals surface area (Å²) in [6.07, 6.45) is 8.99. The van der Waals surface area contributed by atoms with E-state index in [9.17, 15) is 0 Å². The molecule has 1 aliphatic rings. The van der Waals surface area contributed by atoms with Crippen LogP contribution in [0.2, 0.25) is 0 Å². The summed E-state index contributed by atoms with van der Waals surface area (Å²) in [6, 6.07) is 0. The highest BCUT2D eigenvalue weighted by Crippen LogP contribution is 2.39. The molecule has 0 aliphatic heterocycles. The molecule has 1 aliphatic carbocycles. The predicted molar refractivity (Wildman–Crippen MR) is 74.6 cm³/mol. The quantitative estimate of drug-likeness (QED) is 0.894. The second kappa shape index (κ2) is 4.99. The van der Waals surface area contributed by atoms with E-state index in [1.807, 2.05) is 10.8 Å². The van der Waals surface area contributed by atoms with Crippen molar-refractivity contribution < 1.29 is 0 Å². The Morgan fingerprint density at radius 1 is 1.37 bits per heavy atom. The van der Waals surface area contributed by atoms with Gasteiger partial charge < -0.3 is 5.32 Å². The van der Waals surface area contributed by atoms with Crippen molar-refractivity contribution in [3.8, 4) is 5.82 Å². The Labute approximate surface area is 113 Å². The molecule has 2 aromatic rings. The number of hydrogen-bond donors (Lipinski definition) is 1. The van der Waals surface area contributed by atoms with Crippen LogP contribution in [0.5, 0.6) is 0 Å². The van der Waals surface area contributed by atoms with E-state index in [1.165, 1.54) is 12.8 Å². The van der Waals surface area contributed by atoms with Gasteiger partial charge in [0.1, 0.15) is 23.8 Å². The first kappa shape index (κ1) is 12.1. The van der Waals surface area contributed by atoms with E-state index in [1.54, 1.807) is 12.5 Å². The molecule has 0 radical (unpaired) electrons. The summed E-state index contributed by atoms with van der Waals surface area (Å²) in [5.74, 6) is 3.41. The van der Waals surface area contributed by atoms with Gasteiger partial charge in [-0.1, -0.05) is 6.92 Å². The van der Waals surface area contributed by atoms with Crippen molar-refractivity contribution >= 4 is 5.82 Å². The van der Waals surface area contributed by atoms with E-state index < -0.39 is 0 Å². The van der Waals surface area contributed by atoms with Crippen molar-refractivity contribution in [1.29, 1.82) is 0 Å². The second-order valence-electron chi connectivity index (χ2n) is 5.05. The Balaban J connectivity index is 2.03. The lowest BCUT2D eigenvalue weighted by Gasteiger charge is -2.13. The lowest BCUT2D eigenvalue weighted by atomic mass is 10.2. The summed E-state index contributed by atoms with van der Waals surface area (Å²) in [6.45, 7) is 5.15. The van der Waals surface area contributed by atoms with Crippen molar-refractivity contribution in [2.24, 2.45) is 0 Å². The van der Waals surface area contributed by atoms with E-state index in [4.69, 9.17) is 4.98 Å². The number of hydrogen-bond acceptors (Lipinski definition) is 4. The van der Waals surface area contributed by atoms with E-state index in [-0.39, 0.29) is 0 Å². The van der Waals surface area contributed by atoms with E-state index in [2.05, 4.69) is 29.1 Å². The van der Waals surface area contributed by atoms with Crippen LogP contribution in [-0.4, -0.2) is 26.1 Å². The highest BCUT2D eigenvalue weighted by molar-refractivity contribution is 5.52. The molecule has 2 aromatic heterocycles. The maximum Gasteiger partial charge on any atom is 0.146 e.